The summed E-state index contributed by atoms with van der Waals surface area (Å²) in [6.07, 6.45) is -14.7. The second-order valence-electron chi connectivity index (χ2n) is 6.83. The molecule has 1 unspecified atom stereocenters. The van der Waals surface area contributed by atoms with E-state index in [1.165, 1.54) is 0 Å². The number of amides is 1. The van der Waals surface area contributed by atoms with Gasteiger partial charge in [-0.05, 0) is 31.0 Å². The Morgan fingerprint density at radius 3 is 1.97 bits per heavy atom. The minimum Gasteiger partial charge on any atom is -0.417 e. The van der Waals surface area contributed by atoms with Crippen molar-refractivity contribution in [3.05, 3.63) is 46.7 Å². The van der Waals surface area contributed by atoms with Crippen LogP contribution in [-0.4, -0.2) is 34.1 Å². The topological polar surface area (TPSA) is 59.2 Å². The Bertz CT molecular complexity index is 931. The zero-order valence-corrected chi connectivity index (χ0v) is 15.2. The fourth-order valence-electron chi connectivity index (χ4n) is 3.14. The molecule has 1 saturated heterocycles. The molecule has 1 aliphatic rings. The van der Waals surface area contributed by atoms with Crippen molar-refractivity contribution < 1.29 is 48.7 Å². The van der Waals surface area contributed by atoms with Gasteiger partial charge < -0.3 is 9.32 Å². The SMILES string of the molecule is O=C(c1cc(C(F)(F)F)cc(C(F)(F)F)c1)N1CCCC(c2nnc(C(F)(F)F)o2)C1. The van der Waals surface area contributed by atoms with Crippen molar-refractivity contribution in [3.8, 4) is 0 Å². The van der Waals surface area contributed by atoms with E-state index in [1.807, 2.05) is 0 Å². The summed E-state index contributed by atoms with van der Waals surface area (Å²) < 4.78 is 120. The zero-order chi connectivity index (χ0) is 23.2. The van der Waals surface area contributed by atoms with Crippen molar-refractivity contribution in [3.63, 3.8) is 0 Å². The lowest BCUT2D eigenvalue weighted by Crippen LogP contribution is -2.39. The Hall–Kier alpha value is -2.80. The number of aromatic nitrogens is 2. The summed E-state index contributed by atoms with van der Waals surface area (Å²) in [7, 11) is 0. The maximum absolute atomic E-state index is 13.0. The number of hydrogen-bond donors (Lipinski definition) is 0. The van der Waals surface area contributed by atoms with Gasteiger partial charge >= 0.3 is 24.4 Å². The van der Waals surface area contributed by atoms with Gasteiger partial charge in [-0.2, -0.15) is 39.5 Å². The van der Waals surface area contributed by atoms with E-state index in [0.29, 0.717) is 12.1 Å². The first-order valence-corrected chi connectivity index (χ1v) is 8.65. The predicted octanol–water partition coefficient (Wildman–Crippen LogP) is 5.15. The first-order chi connectivity index (χ1) is 14.2. The molecule has 0 N–H and O–H groups in total. The summed E-state index contributed by atoms with van der Waals surface area (Å²) in [5.41, 5.74) is -4.14. The molecule has 31 heavy (non-hydrogen) atoms. The Morgan fingerprint density at radius 2 is 1.48 bits per heavy atom. The third kappa shape index (κ3) is 5.10. The molecule has 0 bridgehead atoms. The number of likely N-dealkylation sites (tertiary alicyclic amines) is 1. The molecule has 0 aliphatic carbocycles. The van der Waals surface area contributed by atoms with Gasteiger partial charge in [0.1, 0.15) is 0 Å². The van der Waals surface area contributed by atoms with Crippen LogP contribution in [0.5, 0.6) is 0 Å². The van der Waals surface area contributed by atoms with E-state index in [9.17, 15) is 44.3 Å². The number of hydrogen-bond acceptors (Lipinski definition) is 4. The molecule has 1 aromatic heterocycles. The summed E-state index contributed by atoms with van der Waals surface area (Å²) in [6.45, 7) is -0.330. The first kappa shape index (κ1) is 22.9. The van der Waals surface area contributed by atoms with Gasteiger partial charge in [0, 0.05) is 18.7 Å². The van der Waals surface area contributed by atoms with Crippen molar-refractivity contribution in [1.29, 1.82) is 0 Å². The highest BCUT2D eigenvalue weighted by atomic mass is 19.4. The van der Waals surface area contributed by atoms with E-state index in [4.69, 9.17) is 0 Å². The summed E-state index contributed by atoms with van der Waals surface area (Å²) in [5.74, 6) is -4.01. The molecule has 2 aromatic rings. The van der Waals surface area contributed by atoms with Crippen LogP contribution in [0.4, 0.5) is 39.5 Å². The highest BCUT2D eigenvalue weighted by Gasteiger charge is 2.40. The fraction of sp³-hybridized carbons (Fsp3) is 0.471. The fourth-order valence-corrected chi connectivity index (χ4v) is 3.14. The van der Waals surface area contributed by atoms with Gasteiger partial charge in [-0.15, -0.1) is 10.2 Å². The van der Waals surface area contributed by atoms with Gasteiger partial charge in [0.2, 0.25) is 5.89 Å². The van der Waals surface area contributed by atoms with E-state index < -0.39 is 58.8 Å². The molecule has 1 fully saturated rings. The van der Waals surface area contributed by atoms with Gasteiger partial charge in [-0.3, -0.25) is 4.79 Å². The Morgan fingerprint density at radius 1 is 0.903 bits per heavy atom. The molecule has 0 radical (unpaired) electrons. The van der Waals surface area contributed by atoms with E-state index in [0.717, 1.165) is 4.90 Å². The molecule has 2 heterocycles. The number of carbonyl (C=O) groups is 1. The predicted molar refractivity (Wildman–Crippen MR) is 83.6 cm³/mol. The molecule has 3 rings (SSSR count). The molecule has 0 spiro atoms. The third-order valence-corrected chi connectivity index (χ3v) is 4.58. The van der Waals surface area contributed by atoms with Crippen molar-refractivity contribution in [2.24, 2.45) is 0 Å². The second-order valence-corrected chi connectivity index (χ2v) is 6.83. The maximum Gasteiger partial charge on any atom is 0.470 e. The van der Waals surface area contributed by atoms with Gasteiger partial charge in [0.05, 0.1) is 17.0 Å². The van der Waals surface area contributed by atoms with Crippen LogP contribution < -0.4 is 0 Å². The largest absolute Gasteiger partial charge is 0.470 e. The average Bonchev–Trinajstić information content (AvgIpc) is 3.16. The van der Waals surface area contributed by atoms with Crippen LogP contribution in [0, 0.1) is 0 Å². The highest BCUT2D eigenvalue weighted by molar-refractivity contribution is 5.94. The second kappa shape index (κ2) is 7.71. The summed E-state index contributed by atoms with van der Waals surface area (Å²) in [5, 5.41) is 6.17. The monoisotopic (exact) mass is 461 g/mol. The molecular formula is C17H12F9N3O2. The quantitative estimate of drug-likeness (QED) is 0.581. The molecule has 5 nitrogen and oxygen atoms in total. The van der Waals surface area contributed by atoms with E-state index in [2.05, 4.69) is 14.6 Å². The van der Waals surface area contributed by atoms with Gasteiger partial charge in [-0.25, -0.2) is 0 Å². The number of rotatable bonds is 2. The number of alkyl halides is 9. The summed E-state index contributed by atoms with van der Waals surface area (Å²) in [6, 6.07) is 0.498. The number of halogens is 9. The molecule has 1 aromatic carbocycles. The Balaban J connectivity index is 1.88. The van der Waals surface area contributed by atoms with E-state index in [1.54, 1.807) is 0 Å². The lowest BCUT2D eigenvalue weighted by molar-refractivity contribution is -0.157. The Kier molecular flexibility index (Phi) is 5.69. The zero-order valence-electron chi connectivity index (χ0n) is 15.2. The van der Waals surface area contributed by atoms with Crippen molar-refractivity contribution in [2.45, 2.75) is 37.3 Å². The standard InChI is InChI=1S/C17H12F9N3O2/c18-15(19,20)10-4-9(5-11(6-10)16(21,22)23)13(30)29-3-1-2-8(7-29)12-27-28-14(31-12)17(24,25)26/h4-6,8H,1-3,7H2. The first-order valence-electron chi connectivity index (χ1n) is 8.65. The molecule has 0 saturated carbocycles. The third-order valence-electron chi connectivity index (χ3n) is 4.58. The van der Waals surface area contributed by atoms with Crippen LogP contribution in [0.15, 0.2) is 22.6 Å². The molecule has 1 amide bonds. The lowest BCUT2D eigenvalue weighted by atomic mass is 9.96. The molecule has 1 aliphatic heterocycles. The minimum absolute atomic E-state index is 0.0206. The van der Waals surface area contributed by atoms with Crippen molar-refractivity contribution in [2.75, 3.05) is 13.1 Å². The minimum atomic E-state index is -5.13. The normalized spacial score (nSPS) is 18.4. The van der Waals surface area contributed by atoms with E-state index in [-0.39, 0.29) is 32.0 Å². The molecule has 170 valence electrons. The van der Waals surface area contributed by atoms with E-state index >= 15 is 0 Å². The van der Waals surface area contributed by atoms with Gasteiger partial charge in [0.15, 0.2) is 0 Å². The van der Waals surface area contributed by atoms with Gasteiger partial charge in [-0.1, -0.05) is 0 Å². The lowest BCUT2D eigenvalue weighted by Gasteiger charge is -2.31. The molecule has 1 atom stereocenters. The van der Waals surface area contributed by atoms with Gasteiger partial charge in [0.25, 0.3) is 5.91 Å². The van der Waals surface area contributed by atoms with Crippen molar-refractivity contribution in [1.82, 2.24) is 15.1 Å². The number of nitrogens with zero attached hydrogens (tertiary/aromatic N) is 3. The molecular weight excluding hydrogens is 449 g/mol. The number of piperidine rings is 1. The van der Waals surface area contributed by atoms with Crippen LogP contribution >= 0.6 is 0 Å². The summed E-state index contributed by atoms with van der Waals surface area (Å²) in [4.78, 5) is 13.6. The highest BCUT2D eigenvalue weighted by Crippen LogP contribution is 2.37. The Labute approximate surface area is 167 Å². The number of benzene rings is 1. The van der Waals surface area contributed by atoms with Crippen LogP contribution in [-0.2, 0) is 18.5 Å². The van der Waals surface area contributed by atoms with Crippen LogP contribution in [0.2, 0.25) is 0 Å². The molecule has 14 heteroatoms. The van der Waals surface area contributed by atoms with Crippen LogP contribution in [0.25, 0.3) is 0 Å². The number of carbonyl (C=O) groups excluding carboxylic acids is 1. The van der Waals surface area contributed by atoms with Crippen LogP contribution in [0.3, 0.4) is 0 Å². The smallest absolute Gasteiger partial charge is 0.417 e. The van der Waals surface area contributed by atoms with Crippen molar-refractivity contribution >= 4 is 5.91 Å². The maximum atomic E-state index is 13.0. The summed E-state index contributed by atoms with van der Waals surface area (Å²) >= 11 is 0. The van der Waals surface area contributed by atoms with Crippen LogP contribution in [0.1, 0.15) is 52.0 Å². The average molecular weight is 461 g/mol.